The van der Waals surface area contributed by atoms with Crippen LogP contribution in [0.15, 0.2) is 53.1 Å². The Morgan fingerprint density at radius 1 is 1.29 bits per heavy atom. The van der Waals surface area contributed by atoms with Gasteiger partial charge in [0, 0.05) is 12.2 Å². The van der Waals surface area contributed by atoms with Crippen LogP contribution in [0.3, 0.4) is 0 Å². The predicted molar refractivity (Wildman–Crippen MR) is 81.0 cm³/mol. The van der Waals surface area contributed by atoms with Gasteiger partial charge in [0.1, 0.15) is 11.8 Å². The van der Waals surface area contributed by atoms with Crippen molar-refractivity contribution in [3.8, 4) is 0 Å². The van der Waals surface area contributed by atoms with E-state index in [1.54, 1.807) is 12.1 Å². The fraction of sp³-hybridized carbons (Fsp3) is 0.312. The molecule has 0 bridgehead atoms. The number of anilines is 1. The molecule has 1 aromatic heterocycles. The van der Waals surface area contributed by atoms with Crippen molar-refractivity contribution in [1.82, 2.24) is 5.32 Å². The van der Waals surface area contributed by atoms with E-state index in [9.17, 15) is 9.90 Å². The van der Waals surface area contributed by atoms with Crippen molar-refractivity contribution >= 4 is 11.6 Å². The van der Waals surface area contributed by atoms with Crippen LogP contribution in [0, 0.1) is 0 Å². The molecule has 1 aromatic carbocycles. The second kappa shape index (κ2) is 7.50. The minimum absolute atomic E-state index is 0.156. The summed E-state index contributed by atoms with van der Waals surface area (Å²) in [7, 11) is 0. The molecular formula is C16H20N2O3. The lowest BCUT2D eigenvalue weighted by atomic mass is 10.2. The number of amides is 1. The van der Waals surface area contributed by atoms with Gasteiger partial charge in [0.15, 0.2) is 0 Å². The minimum atomic E-state index is -0.512. The van der Waals surface area contributed by atoms with E-state index in [0.717, 1.165) is 12.2 Å². The summed E-state index contributed by atoms with van der Waals surface area (Å²) >= 11 is 0. The first-order valence-corrected chi connectivity index (χ1v) is 6.98. The molecule has 0 fully saturated rings. The van der Waals surface area contributed by atoms with Crippen LogP contribution in [0.1, 0.15) is 18.7 Å². The summed E-state index contributed by atoms with van der Waals surface area (Å²) in [5.74, 6) is 0.393. The molecule has 1 unspecified atom stereocenters. The van der Waals surface area contributed by atoms with Crippen LogP contribution >= 0.6 is 0 Å². The number of hydrogen-bond acceptors (Lipinski definition) is 4. The van der Waals surface area contributed by atoms with Gasteiger partial charge < -0.3 is 19.7 Å². The topological polar surface area (TPSA) is 65.7 Å². The van der Waals surface area contributed by atoms with Gasteiger partial charge in [-0.3, -0.25) is 4.79 Å². The maximum atomic E-state index is 12.1. The molecule has 0 aliphatic carbocycles. The SMILES string of the molecule is CCN(CC(=O)NC(CO)c1ccco1)c1ccccc1. The van der Waals surface area contributed by atoms with Gasteiger partial charge in [-0.25, -0.2) is 0 Å². The smallest absolute Gasteiger partial charge is 0.240 e. The molecule has 112 valence electrons. The van der Waals surface area contributed by atoms with Crippen LogP contribution in [0.25, 0.3) is 0 Å². The number of rotatable bonds is 7. The maximum absolute atomic E-state index is 12.1. The van der Waals surface area contributed by atoms with Crippen molar-refractivity contribution in [2.24, 2.45) is 0 Å². The number of furan rings is 1. The van der Waals surface area contributed by atoms with Gasteiger partial charge in [0.05, 0.1) is 19.4 Å². The normalized spacial score (nSPS) is 11.9. The molecule has 0 spiro atoms. The monoisotopic (exact) mass is 288 g/mol. The number of nitrogens with one attached hydrogen (secondary N) is 1. The van der Waals surface area contributed by atoms with Crippen LogP contribution in [0.2, 0.25) is 0 Å². The quantitative estimate of drug-likeness (QED) is 0.817. The molecule has 21 heavy (non-hydrogen) atoms. The molecule has 5 nitrogen and oxygen atoms in total. The van der Waals surface area contributed by atoms with Gasteiger partial charge in [-0.15, -0.1) is 0 Å². The number of carbonyl (C=O) groups excluding carboxylic acids is 1. The summed E-state index contributed by atoms with van der Waals surface area (Å²) in [4.78, 5) is 14.1. The fourth-order valence-electron chi connectivity index (χ4n) is 2.13. The molecule has 2 aromatic rings. The van der Waals surface area contributed by atoms with Gasteiger partial charge in [-0.2, -0.15) is 0 Å². The van der Waals surface area contributed by atoms with Crippen molar-refractivity contribution in [2.75, 3.05) is 24.6 Å². The van der Waals surface area contributed by atoms with E-state index in [-0.39, 0.29) is 19.1 Å². The second-order valence-electron chi connectivity index (χ2n) is 4.67. The van der Waals surface area contributed by atoms with E-state index in [1.807, 2.05) is 42.2 Å². The van der Waals surface area contributed by atoms with Gasteiger partial charge >= 0.3 is 0 Å². The molecule has 1 heterocycles. The van der Waals surface area contributed by atoms with Crippen LogP contribution in [0.5, 0.6) is 0 Å². The van der Waals surface area contributed by atoms with Gasteiger partial charge in [-0.1, -0.05) is 18.2 Å². The summed E-state index contributed by atoms with van der Waals surface area (Å²) in [5.41, 5.74) is 0.994. The van der Waals surface area contributed by atoms with Gasteiger partial charge in [-0.05, 0) is 31.2 Å². The number of likely N-dealkylation sites (N-methyl/N-ethyl adjacent to an activating group) is 1. The number of benzene rings is 1. The number of para-hydroxylation sites is 1. The van der Waals surface area contributed by atoms with E-state index in [2.05, 4.69) is 5.32 Å². The lowest BCUT2D eigenvalue weighted by molar-refractivity contribution is -0.121. The molecule has 2 N–H and O–H groups in total. The summed E-state index contributed by atoms with van der Waals surface area (Å²) in [6.07, 6.45) is 1.52. The standard InChI is InChI=1S/C16H20N2O3/c1-2-18(13-7-4-3-5-8-13)11-16(20)17-14(12-19)15-9-6-10-21-15/h3-10,14,19H,2,11-12H2,1H3,(H,17,20). The minimum Gasteiger partial charge on any atom is -0.467 e. The number of hydrogen-bond donors (Lipinski definition) is 2. The van der Waals surface area contributed by atoms with Gasteiger partial charge in [0.25, 0.3) is 0 Å². The van der Waals surface area contributed by atoms with Crippen molar-refractivity contribution in [3.05, 3.63) is 54.5 Å². The zero-order chi connectivity index (χ0) is 15.1. The Kier molecular flexibility index (Phi) is 5.40. The first-order valence-electron chi connectivity index (χ1n) is 6.98. The second-order valence-corrected chi connectivity index (χ2v) is 4.67. The van der Waals surface area contributed by atoms with Crippen LogP contribution < -0.4 is 10.2 Å². The molecule has 0 saturated carbocycles. The average Bonchev–Trinajstić information content (AvgIpc) is 3.05. The fourth-order valence-corrected chi connectivity index (χ4v) is 2.13. The molecular weight excluding hydrogens is 268 g/mol. The lowest BCUT2D eigenvalue weighted by Gasteiger charge is -2.23. The average molecular weight is 288 g/mol. The Labute approximate surface area is 124 Å². The largest absolute Gasteiger partial charge is 0.467 e. The number of nitrogens with zero attached hydrogens (tertiary/aromatic N) is 1. The van der Waals surface area contributed by atoms with Crippen molar-refractivity contribution in [1.29, 1.82) is 0 Å². The number of aliphatic hydroxyl groups is 1. The molecule has 0 saturated heterocycles. The van der Waals surface area contributed by atoms with Crippen molar-refractivity contribution < 1.29 is 14.3 Å². The van der Waals surface area contributed by atoms with E-state index >= 15 is 0 Å². The summed E-state index contributed by atoms with van der Waals surface area (Å²) in [6, 6.07) is 12.7. The maximum Gasteiger partial charge on any atom is 0.240 e. The third kappa shape index (κ3) is 4.10. The highest BCUT2D eigenvalue weighted by molar-refractivity contribution is 5.81. The molecule has 1 atom stereocenters. The first-order chi connectivity index (χ1) is 10.2. The Morgan fingerprint density at radius 3 is 2.62 bits per heavy atom. The van der Waals surface area contributed by atoms with Crippen LogP contribution in [-0.4, -0.2) is 30.7 Å². The summed E-state index contributed by atoms with van der Waals surface area (Å²) < 4.78 is 5.22. The zero-order valence-corrected chi connectivity index (χ0v) is 12.0. The molecule has 0 aliphatic rings. The highest BCUT2D eigenvalue weighted by Gasteiger charge is 2.17. The van der Waals surface area contributed by atoms with Crippen LogP contribution in [-0.2, 0) is 4.79 Å². The predicted octanol–water partition coefficient (Wildman–Crippen LogP) is 1.96. The summed E-state index contributed by atoms with van der Waals surface area (Å²) in [6.45, 7) is 2.76. The molecule has 0 radical (unpaired) electrons. The van der Waals surface area contributed by atoms with Crippen LogP contribution in [0.4, 0.5) is 5.69 Å². The highest BCUT2D eigenvalue weighted by atomic mass is 16.3. The Bertz CT molecular complexity index is 540. The Balaban J connectivity index is 1.97. The molecule has 1 amide bonds. The highest BCUT2D eigenvalue weighted by Crippen LogP contribution is 2.14. The summed E-state index contributed by atoms with van der Waals surface area (Å²) in [5, 5.41) is 12.1. The lowest BCUT2D eigenvalue weighted by Crippen LogP contribution is -2.39. The van der Waals surface area contributed by atoms with Crippen molar-refractivity contribution in [3.63, 3.8) is 0 Å². The molecule has 0 aliphatic heterocycles. The van der Waals surface area contributed by atoms with E-state index < -0.39 is 6.04 Å². The zero-order valence-electron chi connectivity index (χ0n) is 12.0. The van der Waals surface area contributed by atoms with Crippen molar-refractivity contribution in [2.45, 2.75) is 13.0 Å². The molecule has 5 heteroatoms. The first kappa shape index (κ1) is 15.1. The van der Waals surface area contributed by atoms with E-state index in [4.69, 9.17) is 4.42 Å². The number of aliphatic hydroxyl groups excluding tert-OH is 1. The van der Waals surface area contributed by atoms with E-state index in [0.29, 0.717) is 5.76 Å². The van der Waals surface area contributed by atoms with Gasteiger partial charge in [0.2, 0.25) is 5.91 Å². The number of carbonyl (C=O) groups is 1. The van der Waals surface area contributed by atoms with E-state index in [1.165, 1.54) is 6.26 Å². The Morgan fingerprint density at radius 2 is 2.05 bits per heavy atom. The third-order valence-electron chi connectivity index (χ3n) is 3.24. The Hall–Kier alpha value is -2.27. The molecule has 2 rings (SSSR count). The third-order valence-corrected chi connectivity index (χ3v) is 3.24.